The normalized spacial score (nSPS) is 14.0. The van der Waals surface area contributed by atoms with Crippen LogP contribution in [0.4, 0.5) is 5.69 Å². The highest BCUT2D eigenvalue weighted by molar-refractivity contribution is 5.77. The van der Waals surface area contributed by atoms with E-state index < -0.39 is 22.9 Å². The van der Waals surface area contributed by atoms with E-state index >= 15 is 0 Å². The number of nitro groups is 1. The Hall–Kier alpha value is -2.15. The predicted octanol–water partition coefficient (Wildman–Crippen LogP) is 0.678. The Balaban J connectivity index is 3.17. The van der Waals surface area contributed by atoms with E-state index in [1.165, 1.54) is 0 Å². The summed E-state index contributed by atoms with van der Waals surface area (Å²) in [6, 6.07) is 3.25. The predicted molar refractivity (Wildman–Crippen MR) is 56.7 cm³/mol. The molecule has 3 N–H and O–H groups in total. The zero-order valence-electron chi connectivity index (χ0n) is 8.95. The maximum atomic E-state index is 10.7. The quantitative estimate of drug-likeness (QED) is 0.526. The number of aromatic hydroxyl groups is 1. The van der Waals surface area contributed by atoms with Crippen molar-refractivity contribution in [3.05, 3.63) is 33.9 Å². The van der Waals surface area contributed by atoms with Crippen molar-refractivity contribution >= 4 is 11.7 Å². The third-order valence-corrected chi connectivity index (χ3v) is 2.26. The summed E-state index contributed by atoms with van der Waals surface area (Å²) < 4.78 is 0. The van der Waals surface area contributed by atoms with Crippen molar-refractivity contribution in [3.63, 3.8) is 0 Å². The van der Waals surface area contributed by atoms with Gasteiger partial charge in [-0.1, -0.05) is 0 Å². The smallest absolute Gasteiger partial charge is 0.335 e. The van der Waals surface area contributed by atoms with Crippen LogP contribution < -0.4 is 0 Å². The average molecular weight is 241 g/mol. The van der Waals surface area contributed by atoms with E-state index in [0.29, 0.717) is 0 Å². The second-order valence-electron chi connectivity index (χ2n) is 3.83. The van der Waals surface area contributed by atoms with Gasteiger partial charge in [0.05, 0.1) is 4.92 Å². The van der Waals surface area contributed by atoms with Crippen molar-refractivity contribution in [1.82, 2.24) is 0 Å². The number of nitro benzene ring substituents is 1. The van der Waals surface area contributed by atoms with Crippen LogP contribution in [0.1, 0.15) is 12.5 Å². The van der Waals surface area contributed by atoms with Crippen molar-refractivity contribution in [3.8, 4) is 5.75 Å². The van der Waals surface area contributed by atoms with Gasteiger partial charge in [0.2, 0.25) is 0 Å². The Kier molecular flexibility index (Phi) is 3.33. The molecule has 1 atom stereocenters. The number of phenols is 1. The first-order valence-electron chi connectivity index (χ1n) is 4.66. The molecule has 0 aliphatic heterocycles. The lowest BCUT2D eigenvalue weighted by Gasteiger charge is -2.17. The Labute approximate surface area is 96.1 Å². The topological polar surface area (TPSA) is 121 Å². The summed E-state index contributed by atoms with van der Waals surface area (Å²) in [6.07, 6.45) is -0.465. The molecule has 0 bridgehead atoms. The van der Waals surface area contributed by atoms with E-state index in [2.05, 4.69) is 0 Å². The van der Waals surface area contributed by atoms with E-state index in [-0.39, 0.29) is 17.0 Å². The number of nitrogens with zero attached hydrogens (tertiary/aromatic N) is 1. The van der Waals surface area contributed by atoms with Crippen molar-refractivity contribution < 1.29 is 25.0 Å². The van der Waals surface area contributed by atoms with Gasteiger partial charge in [-0.15, -0.1) is 0 Å². The zero-order chi connectivity index (χ0) is 13.2. The van der Waals surface area contributed by atoms with Gasteiger partial charge in [0.25, 0.3) is 5.69 Å². The minimum absolute atomic E-state index is 0.0394. The van der Waals surface area contributed by atoms with Gasteiger partial charge in [0.1, 0.15) is 5.75 Å². The molecule has 0 aliphatic rings. The molecule has 1 aromatic rings. The molecule has 0 amide bonds. The summed E-state index contributed by atoms with van der Waals surface area (Å²) in [4.78, 5) is 20.7. The summed E-state index contributed by atoms with van der Waals surface area (Å²) in [6.45, 7) is 1.03. The minimum atomic E-state index is -2.13. The minimum Gasteiger partial charge on any atom is -0.508 e. The van der Waals surface area contributed by atoms with E-state index in [0.717, 1.165) is 25.1 Å². The first kappa shape index (κ1) is 12.9. The number of rotatable bonds is 4. The third-order valence-electron chi connectivity index (χ3n) is 2.26. The average Bonchev–Trinajstić information content (AvgIpc) is 2.15. The standard InChI is InChI=1S/C10H11NO6/c1-10(15,9(13)14)5-6-4-7(12)2-3-8(6)11(16)17/h2-4,12,15H,5H2,1H3,(H,13,14). The lowest BCUT2D eigenvalue weighted by molar-refractivity contribution is -0.385. The third kappa shape index (κ3) is 2.91. The Morgan fingerprint density at radius 3 is 2.59 bits per heavy atom. The molecule has 0 fully saturated rings. The molecule has 0 saturated carbocycles. The first-order chi connectivity index (χ1) is 7.74. The molecule has 0 spiro atoms. The lowest BCUT2D eigenvalue weighted by atomic mass is 9.95. The first-order valence-corrected chi connectivity index (χ1v) is 4.66. The molecule has 1 aromatic carbocycles. The van der Waals surface area contributed by atoms with Gasteiger partial charge in [-0.2, -0.15) is 0 Å². The zero-order valence-corrected chi connectivity index (χ0v) is 8.95. The van der Waals surface area contributed by atoms with Crippen LogP contribution in [-0.2, 0) is 11.2 Å². The monoisotopic (exact) mass is 241 g/mol. The van der Waals surface area contributed by atoms with Crippen LogP contribution in [0.5, 0.6) is 5.75 Å². The number of aliphatic carboxylic acids is 1. The Bertz CT molecular complexity index is 468. The number of phenolic OH excluding ortho intramolecular Hbond substituents is 1. The number of carboxylic acids is 1. The van der Waals surface area contributed by atoms with Crippen LogP contribution >= 0.6 is 0 Å². The Morgan fingerprint density at radius 1 is 1.53 bits per heavy atom. The number of hydrogen-bond donors (Lipinski definition) is 3. The van der Waals surface area contributed by atoms with E-state index in [9.17, 15) is 25.1 Å². The summed E-state index contributed by atoms with van der Waals surface area (Å²) in [5.41, 5.74) is -2.51. The SMILES string of the molecule is CC(O)(Cc1cc(O)ccc1[N+](=O)[O-])C(=O)O. The lowest BCUT2D eigenvalue weighted by Crippen LogP contribution is -2.37. The summed E-state index contributed by atoms with van der Waals surface area (Å²) >= 11 is 0. The maximum absolute atomic E-state index is 10.7. The molecule has 17 heavy (non-hydrogen) atoms. The molecule has 0 aliphatic carbocycles. The summed E-state index contributed by atoms with van der Waals surface area (Å²) in [5.74, 6) is -1.72. The van der Waals surface area contributed by atoms with Gasteiger partial charge < -0.3 is 15.3 Å². The summed E-state index contributed by atoms with van der Waals surface area (Å²) in [5, 5.41) is 38.1. The van der Waals surface area contributed by atoms with Gasteiger partial charge in [-0.05, 0) is 19.1 Å². The number of hydrogen-bond acceptors (Lipinski definition) is 5. The van der Waals surface area contributed by atoms with Crippen LogP contribution in [0.25, 0.3) is 0 Å². The van der Waals surface area contributed by atoms with Crippen molar-refractivity contribution in [2.24, 2.45) is 0 Å². The van der Waals surface area contributed by atoms with Crippen LogP contribution in [0.2, 0.25) is 0 Å². The molecular formula is C10H11NO6. The molecule has 7 nitrogen and oxygen atoms in total. The van der Waals surface area contributed by atoms with E-state index in [4.69, 9.17) is 5.11 Å². The van der Waals surface area contributed by atoms with Crippen molar-refractivity contribution in [2.75, 3.05) is 0 Å². The van der Waals surface area contributed by atoms with Crippen molar-refractivity contribution in [2.45, 2.75) is 18.9 Å². The molecule has 92 valence electrons. The maximum Gasteiger partial charge on any atom is 0.335 e. The molecular weight excluding hydrogens is 230 g/mol. The van der Waals surface area contributed by atoms with E-state index in [1.807, 2.05) is 0 Å². The van der Waals surface area contributed by atoms with Gasteiger partial charge in [-0.25, -0.2) is 4.79 Å². The van der Waals surface area contributed by atoms with Gasteiger partial charge in [0.15, 0.2) is 5.60 Å². The summed E-state index contributed by atoms with van der Waals surface area (Å²) in [7, 11) is 0. The number of benzene rings is 1. The van der Waals surface area contributed by atoms with Crippen LogP contribution in [0.15, 0.2) is 18.2 Å². The molecule has 7 heteroatoms. The molecule has 0 radical (unpaired) electrons. The van der Waals surface area contributed by atoms with Gasteiger partial charge >= 0.3 is 5.97 Å². The molecule has 0 aromatic heterocycles. The van der Waals surface area contributed by atoms with Crippen LogP contribution in [-0.4, -0.2) is 31.8 Å². The molecule has 1 rings (SSSR count). The van der Waals surface area contributed by atoms with Crippen LogP contribution in [0.3, 0.4) is 0 Å². The van der Waals surface area contributed by atoms with E-state index in [1.54, 1.807) is 0 Å². The van der Waals surface area contributed by atoms with Crippen molar-refractivity contribution in [1.29, 1.82) is 0 Å². The fourth-order valence-electron chi connectivity index (χ4n) is 1.34. The number of carbonyl (C=O) groups is 1. The fraction of sp³-hybridized carbons (Fsp3) is 0.300. The second kappa shape index (κ2) is 4.38. The molecule has 0 heterocycles. The highest BCUT2D eigenvalue weighted by Crippen LogP contribution is 2.27. The second-order valence-corrected chi connectivity index (χ2v) is 3.83. The number of carboxylic acid groups (broad SMARTS) is 1. The fourth-order valence-corrected chi connectivity index (χ4v) is 1.34. The highest BCUT2D eigenvalue weighted by Gasteiger charge is 2.33. The van der Waals surface area contributed by atoms with Gasteiger partial charge in [0, 0.05) is 18.1 Å². The van der Waals surface area contributed by atoms with Gasteiger partial charge in [-0.3, -0.25) is 10.1 Å². The van der Waals surface area contributed by atoms with Crippen LogP contribution in [0, 0.1) is 10.1 Å². The Morgan fingerprint density at radius 2 is 2.12 bits per heavy atom. The highest BCUT2D eigenvalue weighted by atomic mass is 16.6. The number of aliphatic hydroxyl groups is 1. The molecule has 1 unspecified atom stereocenters. The largest absolute Gasteiger partial charge is 0.508 e. The molecule has 0 saturated heterocycles.